The molecule has 0 aliphatic heterocycles. The largest absolute Gasteiger partial charge is 0.385 e. The normalized spacial score (nSPS) is 15.7. The predicted octanol–water partition coefficient (Wildman–Crippen LogP) is 2.44. The molecule has 0 fully saturated rings. The van der Waals surface area contributed by atoms with Crippen LogP contribution < -0.4 is 0 Å². The van der Waals surface area contributed by atoms with Gasteiger partial charge in [-0.2, -0.15) is 0 Å². The molecule has 1 aromatic rings. The first-order chi connectivity index (χ1) is 5.58. The minimum atomic E-state index is -1.05. The Morgan fingerprint density at radius 1 is 1.42 bits per heavy atom. The third-order valence-electron chi connectivity index (χ3n) is 2.14. The lowest BCUT2D eigenvalue weighted by Gasteiger charge is -2.21. The van der Waals surface area contributed by atoms with Crippen LogP contribution in [-0.4, -0.2) is 5.11 Å². The van der Waals surface area contributed by atoms with Gasteiger partial charge in [-0.15, -0.1) is 0 Å². The van der Waals surface area contributed by atoms with Crippen LogP contribution in [0.3, 0.4) is 0 Å². The molecule has 1 aromatic carbocycles. The Labute approximate surface area is 71.9 Å². The van der Waals surface area contributed by atoms with Crippen LogP contribution in [0.25, 0.3) is 0 Å². The highest BCUT2D eigenvalue weighted by atomic mass is 19.1. The Morgan fingerprint density at radius 2 is 2.00 bits per heavy atom. The van der Waals surface area contributed by atoms with Crippen LogP contribution >= 0.6 is 0 Å². The molecule has 0 saturated heterocycles. The van der Waals surface area contributed by atoms with Crippen molar-refractivity contribution in [1.82, 2.24) is 0 Å². The molecule has 0 amide bonds. The highest BCUT2D eigenvalue weighted by molar-refractivity contribution is 5.23. The van der Waals surface area contributed by atoms with Crippen LogP contribution in [0.4, 0.5) is 4.39 Å². The second kappa shape index (κ2) is 3.23. The predicted molar refractivity (Wildman–Crippen MR) is 46.3 cm³/mol. The first-order valence-corrected chi connectivity index (χ1v) is 4.05. The van der Waals surface area contributed by atoms with E-state index in [-0.39, 0.29) is 5.82 Å². The summed E-state index contributed by atoms with van der Waals surface area (Å²) >= 11 is 0. The average molecular weight is 168 g/mol. The van der Waals surface area contributed by atoms with E-state index in [0.29, 0.717) is 12.0 Å². The van der Waals surface area contributed by atoms with E-state index < -0.39 is 5.60 Å². The number of rotatable bonds is 2. The molecule has 1 N–H and O–H groups in total. The fourth-order valence-electron chi connectivity index (χ4n) is 1.09. The number of benzene rings is 1. The van der Waals surface area contributed by atoms with Crippen LogP contribution in [0.15, 0.2) is 24.3 Å². The second-order valence-electron chi connectivity index (χ2n) is 3.11. The van der Waals surface area contributed by atoms with Crippen molar-refractivity contribution in [3.63, 3.8) is 0 Å². The Hall–Kier alpha value is -0.890. The molecule has 1 atom stereocenters. The molecule has 1 nitrogen and oxygen atoms in total. The number of aliphatic hydroxyl groups is 1. The van der Waals surface area contributed by atoms with Crippen LogP contribution in [-0.2, 0) is 5.60 Å². The molecule has 1 rings (SSSR count). The third-order valence-corrected chi connectivity index (χ3v) is 2.14. The van der Waals surface area contributed by atoms with Crippen LogP contribution in [0.1, 0.15) is 25.8 Å². The Balaban J connectivity index is 3.10. The molecule has 0 aromatic heterocycles. The van der Waals surface area contributed by atoms with Crippen LogP contribution in [0, 0.1) is 5.82 Å². The van der Waals surface area contributed by atoms with E-state index in [1.54, 1.807) is 25.1 Å². The third kappa shape index (κ3) is 1.64. The molecule has 0 unspecified atom stereocenters. The zero-order chi connectivity index (χ0) is 9.19. The first-order valence-electron chi connectivity index (χ1n) is 4.05. The lowest BCUT2D eigenvalue weighted by atomic mass is 9.93. The fraction of sp³-hybridized carbons (Fsp3) is 0.400. The summed E-state index contributed by atoms with van der Waals surface area (Å²) in [6, 6.07) is 6.31. The van der Waals surface area contributed by atoms with Gasteiger partial charge in [0.25, 0.3) is 0 Å². The maximum atomic E-state index is 13.1. The molecule has 66 valence electrons. The zero-order valence-electron chi connectivity index (χ0n) is 7.34. The minimum Gasteiger partial charge on any atom is -0.385 e. The van der Waals surface area contributed by atoms with Crippen molar-refractivity contribution in [2.24, 2.45) is 0 Å². The summed E-state index contributed by atoms with van der Waals surface area (Å²) in [5, 5.41) is 9.74. The van der Waals surface area contributed by atoms with E-state index in [1.165, 1.54) is 6.07 Å². The van der Waals surface area contributed by atoms with Gasteiger partial charge in [-0.05, 0) is 19.4 Å². The van der Waals surface area contributed by atoms with E-state index in [9.17, 15) is 9.50 Å². The molecular weight excluding hydrogens is 155 g/mol. The quantitative estimate of drug-likeness (QED) is 0.719. The van der Waals surface area contributed by atoms with Crippen molar-refractivity contribution < 1.29 is 9.50 Å². The van der Waals surface area contributed by atoms with Gasteiger partial charge in [-0.1, -0.05) is 25.1 Å². The maximum Gasteiger partial charge on any atom is 0.129 e. The number of halogens is 1. The van der Waals surface area contributed by atoms with E-state index in [4.69, 9.17) is 0 Å². The summed E-state index contributed by atoms with van der Waals surface area (Å²) in [4.78, 5) is 0. The van der Waals surface area contributed by atoms with Gasteiger partial charge in [-0.3, -0.25) is 0 Å². The maximum absolute atomic E-state index is 13.1. The number of hydrogen-bond acceptors (Lipinski definition) is 1. The lowest BCUT2D eigenvalue weighted by Crippen LogP contribution is -2.21. The van der Waals surface area contributed by atoms with Crippen LogP contribution in [0.2, 0.25) is 0 Å². The van der Waals surface area contributed by atoms with Crippen molar-refractivity contribution in [3.05, 3.63) is 35.6 Å². The molecule has 0 radical (unpaired) electrons. The van der Waals surface area contributed by atoms with Crippen molar-refractivity contribution in [2.75, 3.05) is 0 Å². The molecule has 12 heavy (non-hydrogen) atoms. The zero-order valence-corrected chi connectivity index (χ0v) is 7.34. The highest BCUT2D eigenvalue weighted by Gasteiger charge is 2.23. The summed E-state index contributed by atoms with van der Waals surface area (Å²) in [5.74, 6) is -0.343. The van der Waals surface area contributed by atoms with Gasteiger partial charge in [-0.25, -0.2) is 4.39 Å². The molecule has 2 heteroatoms. The molecule has 0 saturated carbocycles. The lowest BCUT2D eigenvalue weighted by molar-refractivity contribution is 0.0493. The van der Waals surface area contributed by atoms with Crippen molar-refractivity contribution in [3.8, 4) is 0 Å². The standard InChI is InChI=1S/C10H13FO/c1-3-10(2,12)8-6-4-5-7-9(8)11/h4-7,12H,3H2,1-2H3/t10-/m1/s1. The van der Waals surface area contributed by atoms with Gasteiger partial charge in [0.1, 0.15) is 5.82 Å². The molecular formula is C10H13FO. The van der Waals surface area contributed by atoms with Crippen molar-refractivity contribution in [1.29, 1.82) is 0 Å². The molecule has 0 bridgehead atoms. The van der Waals surface area contributed by atoms with E-state index in [2.05, 4.69) is 0 Å². The van der Waals surface area contributed by atoms with Crippen LogP contribution in [0.5, 0.6) is 0 Å². The minimum absolute atomic E-state index is 0.343. The van der Waals surface area contributed by atoms with E-state index >= 15 is 0 Å². The smallest absolute Gasteiger partial charge is 0.129 e. The van der Waals surface area contributed by atoms with Gasteiger partial charge in [0, 0.05) is 5.56 Å². The van der Waals surface area contributed by atoms with Gasteiger partial charge >= 0.3 is 0 Å². The molecule has 0 heterocycles. The van der Waals surface area contributed by atoms with Gasteiger partial charge in [0.15, 0.2) is 0 Å². The first kappa shape index (κ1) is 9.20. The monoisotopic (exact) mass is 168 g/mol. The molecule has 0 aliphatic rings. The topological polar surface area (TPSA) is 20.2 Å². The summed E-state index contributed by atoms with van der Waals surface area (Å²) in [6.07, 6.45) is 0.508. The fourth-order valence-corrected chi connectivity index (χ4v) is 1.09. The summed E-state index contributed by atoms with van der Waals surface area (Å²) < 4.78 is 13.1. The van der Waals surface area contributed by atoms with Crippen molar-refractivity contribution >= 4 is 0 Å². The van der Waals surface area contributed by atoms with E-state index in [0.717, 1.165) is 0 Å². The SMILES string of the molecule is CC[C@@](C)(O)c1ccccc1F. The highest BCUT2D eigenvalue weighted by Crippen LogP contribution is 2.25. The summed E-state index contributed by atoms with van der Waals surface area (Å²) in [6.45, 7) is 3.44. The average Bonchev–Trinajstić information content (AvgIpc) is 2.05. The summed E-state index contributed by atoms with van der Waals surface area (Å²) in [5.41, 5.74) is -0.682. The van der Waals surface area contributed by atoms with Crippen molar-refractivity contribution in [2.45, 2.75) is 25.9 Å². The van der Waals surface area contributed by atoms with Gasteiger partial charge in [0.2, 0.25) is 0 Å². The second-order valence-corrected chi connectivity index (χ2v) is 3.11. The Kier molecular flexibility index (Phi) is 2.48. The number of hydrogen-bond donors (Lipinski definition) is 1. The molecule has 0 aliphatic carbocycles. The van der Waals surface area contributed by atoms with E-state index in [1.807, 2.05) is 6.92 Å². The Morgan fingerprint density at radius 3 is 2.50 bits per heavy atom. The van der Waals surface area contributed by atoms with Gasteiger partial charge in [0.05, 0.1) is 5.60 Å². The van der Waals surface area contributed by atoms with Gasteiger partial charge < -0.3 is 5.11 Å². The Bertz CT molecular complexity index is 268. The summed E-state index contributed by atoms with van der Waals surface area (Å²) in [7, 11) is 0. The molecule has 0 spiro atoms.